The summed E-state index contributed by atoms with van der Waals surface area (Å²) in [4.78, 5) is 42.5. The Hall–Kier alpha value is -2.13. The molecular formula is C23H39N5O5. The Morgan fingerprint density at radius 2 is 1.73 bits per heavy atom. The summed E-state index contributed by atoms with van der Waals surface area (Å²) in [6, 6.07) is 0.271. The summed E-state index contributed by atoms with van der Waals surface area (Å²) in [5.74, 6) is 1.67. The van der Waals surface area contributed by atoms with E-state index in [0.717, 1.165) is 58.4 Å². The van der Waals surface area contributed by atoms with Gasteiger partial charge in [-0.3, -0.25) is 19.5 Å². The van der Waals surface area contributed by atoms with Crippen LogP contribution in [0.4, 0.5) is 4.79 Å². The lowest BCUT2D eigenvalue weighted by Gasteiger charge is -2.48. The zero-order valence-corrected chi connectivity index (χ0v) is 20.5. The largest absolute Gasteiger partial charge is 0.468 e. The Balaban J connectivity index is 1.52. The first-order valence-corrected chi connectivity index (χ1v) is 12.0. The molecule has 3 rings (SSSR count). The second-order valence-electron chi connectivity index (χ2n) is 9.98. The van der Waals surface area contributed by atoms with Gasteiger partial charge >= 0.3 is 12.1 Å². The fourth-order valence-electron chi connectivity index (χ4n) is 4.89. The topological polar surface area (TPSA) is 94.7 Å². The summed E-state index contributed by atoms with van der Waals surface area (Å²) < 4.78 is 10.3. The smallest absolute Gasteiger partial charge is 0.411 e. The van der Waals surface area contributed by atoms with Crippen LogP contribution in [-0.2, 0) is 19.1 Å². The van der Waals surface area contributed by atoms with Gasteiger partial charge in [0.15, 0.2) is 0 Å². The van der Waals surface area contributed by atoms with Gasteiger partial charge in [-0.1, -0.05) is 0 Å². The number of nitrogens with zero attached hydrogens (tertiary/aromatic N) is 4. The minimum atomic E-state index is -0.498. The fraction of sp³-hybridized carbons (Fsp3) is 0.826. The molecular weight excluding hydrogens is 426 g/mol. The van der Waals surface area contributed by atoms with E-state index in [0.29, 0.717) is 18.7 Å². The third kappa shape index (κ3) is 6.93. The first kappa shape index (κ1) is 25.5. The van der Waals surface area contributed by atoms with Gasteiger partial charge in [-0.15, -0.1) is 0 Å². The highest BCUT2D eigenvalue weighted by Gasteiger charge is 2.37. The number of rotatable bonds is 5. The molecule has 2 atom stereocenters. The Morgan fingerprint density at radius 1 is 1.03 bits per heavy atom. The number of methoxy groups -OCH3 is 1. The number of carbonyl (C=O) groups is 2. The van der Waals surface area contributed by atoms with Crippen molar-refractivity contribution >= 4 is 18.0 Å². The minimum absolute atomic E-state index is 0.0283. The molecule has 0 aromatic heterocycles. The normalized spacial score (nSPS) is 25.5. The first-order chi connectivity index (χ1) is 15.7. The average molecular weight is 466 g/mol. The number of piperazine rings is 1. The van der Waals surface area contributed by atoms with Gasteiger partial charge in [-0.05, 0) is 46.5 Å². The Morgan fingerprint density at radius 3 is 2.36 bits per heavy atom. The molecule has 10 nitrogen and oxygen atoms in total. The summed E-state index contributed by atoms with van der Waals surface area (Å²) in [5.41, 5.74) is 3.01. The number of nitrogens with one attached hydrogen (secondary N) is 1. The Kier molecular flexibility index (Phi) is 8.75. The second kappa shape index (κ2) is 11.3. The lowest BCUT2D eigenvalue weighted by Crippen LogP contribution is -2.60. The van der Waals surface area contributed by atoms with Crippen molar-refractivity contribution in [1.29, 1.82) is 0 Å². The van der Waals surface area contributed by atoms with E-state index in [9.17, 15) is 14.4 Å². The van der Waals surface area contributed by atoms with Crippen LogP contribution in [0, 0.1) is 0 Å². The van der Waals surface area contributed by atoms with Crippen molar-refractivity contribution in [1.82, 2.24) is 25.1 Å². The van der Waals surface area contributed by atoms with Gasteiger partial charge in [0.2, 0.25) is 0 Å². The molecule has 3 fully saturated rings. The number of esters is 1. The summed E-state index contributed by atoms with van der Waals surface area (Å²) in [5, 5.41) is 1.72. The number of hydrogen-bond donors (Lipinski definition) is 1. The maximum Gasteiger partial charge on any atom is 0.411 e. The zero-order valence-electron chi connectivity index (χ0n) is 20.5. The van der Waals surface area contributed by atoms with Gasteiger partial charge in [-0.2, -0.15) is 0 Å². The van der Waals surface area contributed by atoms with Crippen molar-refractivity contribution < 1.29 is 23.9 Å². The quantitative estimate of drug-likeness (QED) is 0.475. The monoisotopic (exact) mass is 465 g/mol. The van der Waals surface area contributed by atoms with Crippen molar-refractivity contribution in [3.63, 3.8) is 0 Å². The van der Waals surface area contributed by atoms with E-state index in [1.54, 1.807) is 5.01 Å². The molecule has 33 heavy (non-hydrogen) atoms. The molecule has 1 amide bonds. The van der Waals surface area contributed by atoms with Crippen molar-refractivity contribution in [2.45, 2.75) is 70.7 Å². The zero-order chi connectivity index (χ0) is 24.0. The van der Waals surface area contributed by atoms with Crippen molar-refractivity contribution in [2.75, 3.05) is 52.9 Å². The SMILES string of the molecule is COC(=O)CNN1CCC(N2CCN(C3CCCCN3C(=O)OC(C)(C)C)CC2)CC1=C=O. The standard InChI is InChI=1S/C23H39N5O5/c1-23(2,3)33-22(31)27-9-6-5-7-20(27)26-13-11-25(12-14-26)18-8-10-28(19(15-18)17-29)24-16-21(30)32-4/h18,20,24H,5-16H2,1-4H3. The van der Waals surface area contributed by atoms with Gasteiger partial charge < -0.3 is 14.5 Å². The number of hydrogen-bond acceptors (Lipinski definition) is 9. The predicted molar refractivity (Wildman–Crippen MR) is 123 cm³/mol. The molecule has 0 radical (unpaired) electrons. The van der Waals surface area contributed by atoms with E-state index in [1.807, 2.05) is 31.6 Å². The summed E-state index contributed by atoms with van der Waals surface area (Å²) in [6.07, 6.45) is 4.47. The molecule has 3 aliphatic heterocycles. The molecule has 3 aliphatic rings. The van der Waals surface area contributed by atoms with E-state index >= 15 is 0 Å². The van der Waals surface area contributed by atoms with Crippen LogP contribution in [0.1, 0.15) is 52.9 Å². The van der Waals surface area contributed by atoms with Crippen LogP contribution < -0.4 is 5.43 Å². The number of amides is 1. The number of ether oxygens (including phenoxy) is 2. The highest BCUT2D eigenvalue weighted by atomic mass is 16.6. The molecule has 0 saturated carbocycles. The first-order valence-electron chi connectivity index (χ1n) is 12.0. The highest BCUT2D eigenvalue weighted by molar-refractivity contribution is 5.71. The molecule has 10 heteroatoms. The van der Waals surface area contributed by atoms with Crippen LogP contribution in [0.15, 0.2) is 5.70 Å². The molecule has 3 saturated heterocycles. The Bertz CT molecular complexity index is 740. The van der Waals surface area contributed by atoms with Crippen LogP contribution in [0.2, 0.25) is 0 Å². The number of hydrazine groups is 1. The number of likely N-dealkylation sites (tertiary alicyclic amines) is 1. The molecule has 3 heterocycles. The van der Waals surface area contributed by atoms with Crippen LogP contribution >= 0.6 is 0 Å². The van der Waals surface area contributed by atoms with Crippen LogP contribution in [0.5, 0.6) is 0 Å². The highest BCUT2D eigenvalue weighted by Crippen LogP contribution is 2.27. The third-order valence-electron chi connectivity index (χ3n) is 6.59. The van der Waals surface area contributed by atoms with E-state index in [4.69, 9.17) is 4.74 Å². The second-order valence-corrected chi connectivity index (χ2v) is 9.98. The lowest BCUT2D eigenvalue weighted by molar-refractivity contribution is -0.140. The molecule has 0 aliphatic carbocycles. The summed E-state index contributed by atoms with van der Waals surface area (Å²) in [7, 11) is 1.34. The van der Waals surface area contributed by atoms with Gasteiger partial charge in [-0.25, -0.2) is 15.0 Å². The van der Waals surface area contributed by atoms with Crippen LogP contribution in [0.25, 0.3) is 0 Å². The molecule has 0 aromatic carbocycles. The number of carbonyl (C=O) groups excluding carboxylic acids is 3. The summed E-state index contributed by atoms with van der Waals surface area (Å²) in [6.45, 7) is 10.7. The van der Waals surface area contributed by atoms with Crippen molar-refractivity contribution in [3.05, 3.63) is 5.70 Å². The average Bonchev–Trinajstić information content (AvgIpc) is 2.81. The van der Waals surface area contributed by atoms with Crippen molar-refractivity contribution in [2.24, 2.45) is 0 Å². The minimum Gasteiger partial charge on any atom is -0.468 e. The fourth-order valence-corrected chi connectivity index (χ4v) is 4.89. The van der Waals surface area contributed by atoms with Crippen LogP contribution in [-0.4, -0.2) is 108 Å². The maximum atomic E-state index is 12.8. The predicted octanol–water partition coefficient (Wildman–Crippen LogP) is 1.21. The van der Waals surface area contributed by atoms with Crippen LogP contribution in [0.3, 0.4) is 0 Å². The molecule has 2 unspecified atom stereocenters. The molecule has 0 bridgehead atoms. The molecule has 0 aromatic rings. The van der Waals surface area contributed by atoms with Gasteiger partial charge in [0.25, 0.3) is 0 Å². The maximum absolute atomic E-state index is 12.8. The van der Waals surface area contributed by atoms with E-state index < -0.39 is 5.60 Å². The lowest BCUT2D eigenvalue weighted by atomic mass is 10.00. The van der Waals surface area contributed by atoms with E-state index in [2.05, 4.69) is 20.0 Å². The van der Waals surface area contributed by atoms with Gasteiger partial charge in [0.05, 0.1) is 13.3 Å². The summed E-state index contributed by atoms with van der Waals surface area (Å²) >= 11 is 0. The molecule has 1 N–H and O–H groups in total. The molecule has 186 valence electrons. The van der Waals surface area contributed by atoms with Gasteiger partial charge in [0.1, 0.15) is 23.8 Å². The third-order valence-corrected chi connectivity index (χ3v) is 6.59. The van der Waals surface area contributed by atoms with E-state index in [1.165, 1.54) is 7.11 Å². The van der Waals surface area contributed by atoms with Crippen molar-refractivity contribution in [3.8, 4) is 0 Å². The Labute approximate surface area is 196 Å². The van der Waals surface area contributed by atoms with E-state index in [-0.39, 0.29) is 30.8 Å². The molecule has 0 spiro atoms. The number of piperidine rings is 2. The van der Waals surface area contributed by atoms with Gasteiger partial charge in [0, 0.05) is 51.7 Å².